The highest BCUT2D eigenvalue weighted by atomic mass is 16.4. The Balaban J connectivity index is 1.51. The smallest absolute Gasteiger partial charge is 0.323 e. The molecule has 3 N–H and O–H groups in total. The number of phenolic OH excluding ortho intramolecular Hbond substituents is 1. The number of nitrogens with one attached hydrogen (secondary N) is 1. The number of rotatable bonds is 5. The van der Waals surface area contributed by atoms with Gasteiger partial charge in [-0.1, -0.05) is 36.4 Å². The summed E-state index contributed by atoms with van der Waals surface area (Å²) in [6, 6.07) is 19.1. The van der Waals surface area contributed by atoms with Gasteiger partial charge in [-0.05, 0) is 42.3 Å². The number of carboxylic acids is 1. The summed E-state index contributed by atoms with van der Waals surface area (Å²) in [5.41, 5.74) is 2.91. The van der Waals surface area contributed by atoms with Gasteiger partial charge in [-0.25, -0.2) is 0 Å². The Hall–Kier alpha value is -4.33. The number of carbonyl (C=O) groups is 3. The molecule has 1 saturated heterocycles. The SMILES string of the molecule is CC(=O)N1CCC(c2ccc(O)cc2)C1C(=O)Nc1ccc2c3ccccc3n(CC(=O)O)c2c1. The van der Waals surface area contributed by atoms with E-state index in [0.29, 0.717) is 24.2 Å². The van der Waals surface area contributed by atoms with E-state index in [0.717, 1.165) is 21.9 Å². The third-order valence-electron chi connectivity index (χ3n) is 6.73. The molecule has 0 spiro atoms. The van der Waals surface area contributed by atoms with Crippen LogP contribution in [0.15, 0.2) is 66.7 Å². The Morgan fingerprint density at radius 3 is 2.40 bits per heavy atom. The van der Waals surface area contributed by atoms with Gasteiger partial charge in [0.15, 0.2) is 0 Å². The Morgan fingerprint density at radius 2 is 1.69 bits per heavy atom. The summed E-state index contributed by atoms with van der Waals surface area (Å²) in [4.78, 5) is 38.9. The van der Waals surface area contributed by atoms with E-state index in [1.807, 2.05) is 30.3 Å². The van der Waals surface area contributed by atoms with Crippen molar-refractivity contribution in [1.29, 1.82) is 0 Å². The molecule has 1 fully saturated rings. The van der Waals surface area contributed by atoms with Gasteiger partial charge in [0.1, 0.15) is 18.3 Å². The number of aromatic hydroxyl groups is 1. The number of nitrogens with zero attached hydrogens (tertiary/aromatic N) is 2. The van der Waals surface area contributed by atoms with Gasteiger partial charge in [0.25, 0.3) is 0 Å². The fraction of sp³-hybridized carbons (Fsp3) is 0.222. The average molecular weight is 472 g/mol. The van der Waals surface area contributed by atoms with Gasteiger partial charge in [-0.15, -0.1) is 0 Å². The lowest BCUT2D eigenvalue weighted by molar-refractivity contribution is -0.137. The van der Waals surface area contributed by atoms with E-state index in [1.54, 1.807) is 45.9 Å². The van der Waals surface area contributed by atoms with Crippen molar-refractivity contribution in [1.82, 2.24) is 9.47 Å². The highest BCUT2D eigenvalue weighted by Gasteiger charge is 2.41. The third kappa shape index (κ3) is 4.07. The van der Waals surface area contributed by atoms with Gasteiger partial charge in [0.05, 0.1) is 5.52 Å². The summed E-state index contributed by atoms with van der Waals surface area (Å²) in [5.74, 6) is -1.51. The van der Waals surface area contributed by atoms with E-state index in [1.165, 1.54) is 6.92 Å². The van der Waals surface area contributed by atoms with Crippen LogP contribution in [0.2, 0.25) is 0 Å². The van der Waals surface area contributed by atoms with Crippen LogP contribution in [0.4, 0.5) is 5.69 Å². The largest absolute Gasteiger partial charge is 0.508 e. The molecule has 0 aliphatic carbocycles. The Labute approximate surface area is 201 Å². The maximum absolute atomic E-state index is 13.5. The van der Waals surface area contributed by atoms with Crippen LogP contribution >= 0.6 is 0 Å². The maximum Gasteiger partial charge on any atom is 0.323 e. The number of benzene rings is 3. The maximum atomic E-state index is 13.5. The van der Waals surface area contributed by atoms with Crippen LogP contribution in [-0.4, -0.2) is 50.1 Å². The number of hydrogen-bond acceptors (Lipinski definition) is 4. The summed E-state index contributed by atoms with van der Waals surface area (Å²) in [6.07, 6.45) is 0.633. The summed E-state index contributed by atoms with van der Waals surface area (Å²) in [7, 11) is 0. The topological polar surface area (TPSA) is 112 Å². The molecule has 8 heteroatoms. The van der Waals surface area contributed by atoms with Gasteiger partial charge < -0.3 is 25.0 Å². The van der Waals surface area contributed by atoms with Crippen LogP contribution in [0.5, 0.6) is 5.75 Å². The number of para-hydroxylation sites is 1. The van der Waals surface area contributed by atoms with Crippen molar-refractivity contribution in [3.63, 3.8) is 0 Å². The highest BCUT2D eigenvalue weighted by Crippen LogP contribution is 2.36. The predicted molar refractivity (Wildman–Crippen MR) is 132 cm³/mol. The lowest BCUT2D eigenvalue weighted by Gasteiger charge is -2.26. The first-order chi connectivity index (χ1) is 16.8. The zero-order valence-electron chi connectivity index (χ0n) is 19.1. The van der Waals surface area contributed by atoms with Crippen LogP contribution in [-0.2, 0) is 20.9 Å². The molecule has 8 nitrogen and oxygen atoms in total. The Morgan fingerprint density at radius 1 is 0.971 bits per heavy atom. The molecule has 0 saturated carbocycles. The van der Waals surface area contributed by atoms with Gasteiger partial charge in [-0.2, -0.15) is 0 Å². The minimum Gasteiger partial charge on any atom is -0.508 e. The normalized spacial score (nSPS) is 17.7. The van der Waals surface area contributed by atoms with Crippen LogP contribution < -0.4 is 5.32 Å². The summed E-state index contributed by atoms with van der Waals surface area (Å²) in [6.45, 7) is 1.71. The highest BCUT2D eigenvalue weighted by molar-refractivity contribution is 6.10. The van der Waals surface area contributed by atoms with Gasteiger partial charge >= 0.3 is 5.97 Å². The van der Waals surface area contributed by atoms with Crippen molar-refractivity contribution in [3.05, 3.63) is 72.3 Å². The molecule has 0 bridgehead atoms. The molecule has 4 aromatic rings. The van der Waals surface area contributed by atoms with Crippen molar-refractivity contribution in [2.75, 3.05) is 11.9 Å². The number of carbonyl (C=O) groups excluding carboxylic acids is 2. The van der Waals surface area contributed by atoms with E-state index in [4.69, 9.17) is 0 Å². The fourth-order valence-corrected chi connectivity index (χ4v) is 5.19. The number of amides is 2. The standard InChI is InChI=1S/C27H25N3O5/c1-16(31)29-13-12-20(17-6-9-19(32)10-7-17)26(29)27(35)28-18-8-11-22-21-4-2-3-5-23(21)30(15-25(33)34)24(22)14-18/h2-11,14,20,26,32H,12-13,15H2,1H3,(H,28,35)(H,33,34). The predicted octanol–water partition coefficient (Wildman–Crippen LogP) is 3.93. The van der Waals surface area contributed by atoms with E-state index in [-0.39, 0.29) is 30.0 Å². The van der Waals surface area contributed by atoms with Crippen molar-refractivity contribution < 1.29 is 24.6 Å². The number of fused-ring (bicyclic) bond motifs is 3. The molecule has 5 rings (SSSR count). The van der Waals surface area contributed by atoms with Crippen LogP contribution in [0.1, 0.15) is 24.8 Å². The Bertz CT molecular complexity index is 1460. The molecule has 1 aliphatic heterocycles. The molecular formula is C27H25N3O5. The molecule has 3 aromatic carbocycles. The van der Waals surface area contributed by atoms with Crippen LogP contribution in [0.3, 0.4) is 0 Å². The van der Waals surface area contributed by atoms with Crippen molar-refractivity contribution in [2.45, 2.75) is 31.8 Å². The fourth-order valence-electron chi connectivity index (χ4n) is 5.19. The second kappa shape index (κ2) is 8.79. The van der Waals surface area contributed by atoms with Gasteiger partial charge in [-0.3, -0.25) is 14.4 Å². The number of likely N-dealkylation sites (tertiary alicyclic amines) is 1. The lowest BCUT2D eigenvalue weighted by Crippen LogP contribution is -2.44. The first kappa shape index (κ1) is 22.5. The molecule has 2 atom stereocenters. The van der Waals surface area contributed by atoms with Gasteiger partial charge in [0, 0.05) is 41.4 Å². The minimum absolute atomic E-state index is 0.140. The number of phenols is 1. The number of aromatic nitrogens is 1. The van der Waals surface area contributed by atoms with Crippen molar-refractivity contribution in [2.24, 2.45) is 0 Å². The van der Waals surface area contributed by atoms with Crippen LogP contribution in [0.25, 0.3) is 21.8 Å². The number of anilines is 1. The monoisotopic (exact) mass is 471 g/mol. The first-order valence-electron chi connectivity index (χ1n) is 11.4. The first-order valence-corrected chi connectivity index (χ1v) is 11.4. The summed E-state index contributed by atoms with van der Waals surface area (Å²) in [5, 5.41) is 23.9. The zero-order chi connectivity index (χ0) is 24.7. The lowest BCUT2D eigenvalue weighted by atomic mass is 9.91. The molecule has 0 radical (unpaired) electrons. The molecule has 35 heavy (non-hydrogen) atoms. The Kier molecular flexibility index (Phi) is 5.64. The molecule has 2 amide bonds. The quantitative estimate of drug-likeness (QED) is 0.408. The second-order valence-corrected chi connectivity index (χ2v) is 8.86. The number of aliphatic carboxylic acids is 1. The molecular weight excluding hydrogens is 446 g/mol. The molecule has 1 aromatic heterocycles. The summed E-state index contributed by atoms with van der Waals surface area (Å²) < 4.78 is 1.72. The number of carboxylic acid groups (broad SMARTS) is 1. The molecule has 2 heterocycles. The summed E-state index contributed by atoms with van der Waals surface area (Å²) >= 11 is 0. The second-order valence-electron chi connectivity index (χ2n) is 8.86. The zero-order valence-corrected chi connectivity index (χ0v) is 19.1. The molecule has 2 unspecified atom stereocenters. The minimum atomic E-state index is -0.957. The van der Waals surface area contributed by atoms with Crippen molar-refractivity contribution >= 4 is 45.3 Å². The van der Waals surface area contributed by atoms with Crippen LogP contribution in [0, 0.1) is 0 Å². The van der Waals surface area contributed by atoms with E-state index < -0.39 is 12.0 Å². The third-order valence-corrected chi connectivity index (χ3v) is 6.73. The van der Waals surface area contributed by atoms with E-state index in [9.17, 15) is 24.6 Å². The average Bonchev–Trinajstić information content (AvgIpc) is 3.40. The van der Waals surface area contributed by atoms with Gasteiger partial charge in [0.2, 0.25) is 11.8 Å². The number of hydrogen-bond donors (Lipinski definition) is 3. The van der Waals surface area contributed by atoms with E-state index in [2.05, 4.69) is 5.32 Å². The van der Waals surface area contributed by atoms with E-state index >= 15 is 0 Å². The molecule has 178 valence electrons. The van der Waals surface area contributed by atoms with Crippen molar-refractivity contribution in [3.8, 4) is 5.75 Å². The molecule has 1 aliphatic rings.